The van der Waals surface area contributed by atoms with Crippen molar-refractivity contribution in [2.24, 2.45) is 5.92 Å². The number of amides is 1. The molecule has 0 aromatic heterocycles. The van der Waals surface area contributed by atoms with Crippen LogP contribution in [0.3, 0.4) is 0 Å². The molecule has 0 radical (unpaired) electrons. The molecule has 0 saturated carbocycles. The number of hydrogen-bond donors (Lipinski definition) is 3. The Balaban J connectivity index is 1.85. The topological polar surface area (TPSA) is 113 Å². The lowest BCUT2D eigenvalue weighted by atomic mass is 10.0. The Morgan fingerprint density at radius 3 is 2.17 bits per heavy atom. The number of benzene rings is 3. The van der Waals surface area contributed by atoms with Crippen molar-refractivity contribution < 1.29 is 23.1 Å². The van der Waals surface area contributed by atoms with Gasteiger partial charge in [-0.2, -0.15) is 0 Å². The minimum Gasteiger partial charge on any atom is -0.480 e. The molecule has 0 spiro atoms. The number of halogens is 2. The molecule has 3 aromatic rings. The number of carboxylic acids is 1. The van der Waals surface area contributed by atoms with Crippen LogP contribution in [0.5, 0.6) is 0 Å². The number of hydrogen-bond acceptors (Lipinski definition) is 4. The van der Waals surface area contributed by atoms with E-state index in [0.717, 1.165) is 5.56 Å². The summed E-state index contributed by atoms with van der Waals surface area (Å²) in [4.78, 5) is 23.8. The van der Waals surface area contributed by atoms with Gasteiger partial charge in [0.2, 0.25) is 0 Å². The van der Waals surface area contributed by atoms with Gasteiger partial charge in [0.1, 0.15) is 10.9 Å². The Labute approximate surface area is 220 Å². The van der Waals surface area contributed by atoms with Gasteiger partial charge in [-0.1, -0.05) is 61.3 Å². The first-order valence-corrected chi connectivity index (χ1v) is 13.3. The summed E-state index contributed by atoms with van der Waals surface area (Å²) in [6.07, 6.45) is 0. The van der Waals surface area contributed by atoms with E-state index in [2.05, 4.69) is 10.0 Å². The van der Waals surface area contributed by atoms with Gasteiger partial charge >= 0.3 is 5.97 Å². The van der Waals surface area contributed by atoms with Crippen molar-refractivity contribution in [3.63, 3.8) is 0 Å². The van der Waals surface area contributed by atoms with Gasteiger partial charge in [-0.25, -0.2) is 13.2 Å². The highest BCUT2D eigenvalue weighted by Gasteiger charge is 2.25. The van der Waals surface area contributed by atoms with Crippen LogP contribution >= 0.6 is 23.2 Å². The molecule has 3 aromatic carbocycles. The summed E-state index contributed by atoms with van der Waals surface area (Å²) in [5.74, 6) is -1.86. The normalized spacial score (nSPS) is 12.3. The largest absolute Gasteiger partial charge is 0.480 e. The van der Waals surface area contributed by atoms with Gasteiger partial charge < -0.3 is 10.4 Å². The van der Waals surface area contributed by atoms with Gasteiger partial charge in [0.25, 0.3) is 15.9 Å². The van der Waals surface area contributed by atoms with E-state index in [9.17, 15) is 23.1 Å². The van der Waals surface area contributed by atoms with E-state index < -0.39 is 27.9 Å². The molecule has 0 heterocycles. The predicted molar refractivity (Wildman–Crippen MR) is 142 cm³/mol. The second-order valence-electron chi connectivity index (χ2n) is 8.74. The number of rotatable bonds is 8. The predicted octanol–water partition coefficient (Wildman–Crippen LogP) is 5.92. The van der Waals surface area contributed by atoms with Crippen LogP contribution in [-0.4, -0.2) is 31.4 Å². The van der Waals surface area contributed by atoms with Crippen LogP contribution in [0.1, 0.15) is 35.3 Å². The number of sulfonamides is 1. The second kappa shape index (κ2) is 10.9. The molecule has 0 aliphatic rings. The highest BCUT2D eigenvalue weighted by atomic mass is 35.5. The van der Waals surface area contributed by atoms with Gasteiger partial charge in [-0.3, -0.25) is 9.52 Å². The Morgan fingerprint density at radius 2 is 1.58 bits per heavy atom. The second-order valence-corrected chi connectivity index (χ2v) is 11.1. The molecule has 1 amide bonds. The van der Waals surface area contributed by atoms with Crippen molar-refractivity contribution in [3.8, 4) is 11.1 Å². The third-order valence-corrected chi connectivity index (χ3v) is 8.21. The Kier molecular flexibility index (Phi) is 8.33. The van der Waals surface area contributed by atoms with Crippen molar-refractivity contribution in [2.45, 2.75) is 38.6 Å². The van der Waals surface area contributed by atoms with E-state index >= 15 is 0 Å². The summed E-state index contributed by atoms with van der Waals surface area (Å²) in [6, 6.07) is 14.0. The van der Waals surface area contributed by atoms with Crippen LogP contribution in [0.15, 0.2) is 59.5 Å². The molecule has 0 fully saturated rings. The number of aryl methyl sites for hydroxylation is 1. The first-order valence-electron chi connectivity index (χ1n) is 11.0. The van der Waals surface area contributed by atoms with E-state index in [1.54, 1.807) is 82.3 Å². The average molecular weight is 549 g/mol. The van der Waals surface area contributed by atoms with Crippen molar-refractivity contribution in [1.29, 1.82) is 0 Å². The molecule has 190 valence electrons. The van der Waals surface area contributed by atoms with Crippen LogP contribution in [0, 0.1) is 19.8 Å². The Morgan fingerprint density at radius 1 is 0.944 bits per heavy atom. The highest BCUT2D eigenvalue weighted by molar-refractivity contribution is 7.93. The average Bonchev–Trinajstić information content (AvgIpc) is 2.80. The fourth-order valence-corrected chi connectivity index (χ4v) is 5.92. The molecule has 0 aliphatic carbocycles. The standard InChI is InChI=1S/C26H26Cl2N2O5S/c1-14(2)23(26(32)33)29-25(31)18-10-8-17(9-11-18)19-6-5-7-20(13-19)30-36(34,35)24-16(4)21(27)12-15(3)22(24)28/h5-14,23,30H,1-4H3,(H,29,31)(H,32,33). The molecule has 10 heteroatoms. The molecule has 1 atom stereocenters. The van der Waals surface area contributed by atoms with Crippen molar-refractivity contribution >= 4 is 50.8 Å². The van der Waals surface area contributed by atoms with E-state index in [-0.39, 0.29) is 15.8 Å². The zero-order valence-electron chi connectivity index (χ0n) is 20.1. The lowest BCUT2D eigenvalue weighted by molar-refractivity contribution is -0.140. The molecule has 7 nitrogen and oxygen atoms in total. The highest BCUT2D eigenvalue weighted by Crippen LogP contribution is 2.35. The SMILES string of the molecule is Cc1cc(Cl)c(C)c(S(=O)(=O)Nc2cccc(-c3ccc(C(=O)NC(C(=O)O)C(C)C)cc3)c2)c1Cl. The first kappa shape index (κ1) is 27.5. The number of carboxylic acid groups (broad SMARTS) is 1. The van der Waals surface area contributed by atoms with Crippen molar-refractivity contribution in [2.75, 3.05) is 4.72 Å². The number of anilines is 1. The number of nitrogens with one attached hydrogen (secondary N) is 2. The van der Waals surface area contributed by atoms with Crippen LogP contribution in [0.2, 0.25) is 10.0 Å². The monoisotopic (exact) mass is 548 g/mol. The molecule has 3 rings (SSSR count). The van der Waals surface area contributed by atoms with Crippen LogP contribution in [-0.2, 0) is 14.8 Å². The molecule has 3 N–H and O–H groups in total. The van der Waals surface area contributed by atoms with E-state index in [1.807, 2.05) is 0 Å². The summed E-state index contributed by atoms with van der Waals surface area (Å²) in [6.45, 7) is 6.70. The first-order chi connectivity index (χ1) is 16.8. The van der Waals surface area contributed by atoms with Gasteiger partial charge in [-0.15, -0.1) is 0 Å². The van der Waals surface area contributed by atoms with Crippen molar-refractivity contribution in [1.82, 2.24) is 5.32 Å². The molecule has 0 aliphatic heterocycles. The molecule has 0 bridgehead atoms. The zero-order chi connectivity index (χ0) is 26.8. The summed E-state index contributed by atoms with van der Waals surface area (Å²) in [7, 11) is -4.03. The lowest BCUT2D eigenvalue weighted by Gasteiger charge is -2.18. The van der Waals surface area contributed by atoms with Crippen LogP contribution in [0.4, 0.5) is 5.69 Å². The van der Waals surface area contributed by atoms with Crippen molar-refractivity contribution in [3.05, 3.63) is 81.3 Å². The number of carbonyl (C=O) groups is 2. The van der Waals surface area contributed by atoms with E-state index in [4.69, 9.17) is 23.2 Å². The molecule has 36 heavy (non-hydrogen) atoms. The van der Waals surface area contributed by atoms with Gasteiger partial charge in [-0.05, 0) is 72.4 Å². The maximum Gasteiger partial charge on any atom is 0.326 e. The molecular formula is C26H26Cl2N2O5S. The summed E-state index contributed by atoms with van der Waals surface area (Å²) in [5.41, 5.74) is 2.98. The maximum atomic E-state index is 13.2. The van der Waals surface area contributed by atoms with Crippen LogP contribution in [0.25, 0.3) is 11.1 Å². The van der Waals surface area contributed by atoms with E-state index in [0.29, 0.717) is 33.0 Å². The fraction of sp³-hybridized carbons (Fsp3) is 0.231. The third kappa shape index (κ3) is 6.00. The smallest absolute Gasteiger partial charge is 0.326 e. The molecule has 1 unspecified atom stereocenters. The summed E-state index contributed by atoms with van der Waals surface area (Å²) in [5, 5.41) is 12.2. The quantitative estimate of drug-likeness (QED) is 0.323. The number of aliphatic carboxylic acids is 1. The van der Waals surface area contributed by atoms with E-state index in [1.165, 1.54) is 0 Å². The minimum absolute atomic E-state index is 0.0732. The fourth-order valence-electron chi connectivity index (χ4n) is 3.65. The molecule has 0 saturated heterocycles. The zero-order valence-corrected chi connectivity index (χ0v) is 22.4. The maximum absolute atomic E-state index is 13.2. The van der Waals surface area contributed by atoms with Gasteiger partial charge in [0.05, 0.1) is 5.02 Å². The number of carbonyl (C=O) groups excluding carboxylic acids is 1. The Bertz CT molecular complexity index is 1390. The third-order valence-electron chi connectivity index (χ3n) is 5.67. The Hall–Kier alpha value is -3.07. The molecular weight excluding hydrogens is 523 g/mol. The van der Waals surface area contributed by atoms with Gasteiger partial charge in [0, 0.05) is 16.3 Å². The summed E-state index contributed by atoms with van der Waals surface area (Å²) < 4.78 is 28.9. The minimum atomic E-state index is -4.03. The van der Waals surface area contributed by atoms with Gasteiger partial charge in [0.15, 0.2) is 0 Å². The van der Waals surface area contributed by atoms with Crippen LogP contribution < -0.4 is 10.0 Å². The summed E-state index contributed by atoms with van der Waals surface area (Å²) >= 11 is 12.5. The lowest BCUT2D eigenvalue weighted by Crippen LogP contribution is -2.44.